The van der Waals surface area contributed by atoms with Crippen molar-refractivity contribution < 1.29 is 9.59 Å². The molecule has 1 rings (SSSR count). The number of nitrogens with one attached hydrogen (secondary N) is 1. The first kappa shape index (κ1) is 17.9. The lowest BCUT2D eigenvalue weighted by Gasteiger charge is -2.24. The maximum atomic E-state index is 12.1. The van der Waals surface area contributed by atoms with Crippen LogP contribution in [-0.2, 0) is 15.3 Å². The topological polar surface area (TPSA) is 49.4 Å². The van der Waals surface area contributed by atoms with Gasteiger partial charge >= 0.3 is 0 Å². The van der Waals surface area contributed by atoms with E-state index in [9.17, 15) is 9.59 Å². The maximum absolute atomic E-state index is 12.1. The fourth-order valence-corrected chi connectivity index (χ4v) is 2.95. The summed E-state index contributed by atoms with van der Waals surface area (Å²) in [6, 6.07) is 7.50. The molecule has 0 aliphatic rings. The van der Waals surface area contributed by atoms with Crippen molar-refractivity contribution in [2.75, 3.05) is 19.8 Å². The quantitative estimate of drug-likeness (QED) is 0.837. The van der Waals surface area contributed by atoms with Gasteiger partial charge < -0.3 is 10.2 Å². The predicted octanol–water partition coefficient (Wildman–Crippen LogP) is 2.56. The predicted molar refractivity (Wildman–Crippen MR) is 88.5 cm³/mol. The number of hydrogen-bond acceptors (Lipinski definition) is 3. The van der Waals surface area contributed by atoms with Gasteiger partial charge in [-0.3, -0.25) is 9.59 Å². The number of hydrogen-bond donors (Lipinski definition) is 1. The van der Waals surface area contributed by atoms with Crippen molar-refractivity contribution in [3.8, 4) is 0 Å². The molecule has 0 heterocycles. The largest absolute Gasteiger partial charge is 0.359 e. The van der Waals surface area contributed by atoms with E-state index in [1.807, 2.05) is 31.2 Å². The van der Waals surface area contributed by atoms with Gasteiger partial charge in [0.05, 0.1) is 5.75 Å². The highest BCUT2D eigenvalue weighted by Crippen LogP contribution is 2.21. The first-order valence-corrected chi connectivity index (χ1v) is 8.26. The summed E-state index contributed by atoms with van der Waals surface area (Å²) in [4.78, 5) is 25.0. The van der Waals surface area contributed by atoms with Crippen LogP contribution in [0.3, 0.4) is 0 Å². The van der Waals surface area contributed by atoms with Crippen molar-refractivity contribution in [2.45, 2.75) is 25.1 Å². The van der Waals surface area contributed by atoms with Crippen LogP contribution < -0.4 is 5.32 Å². The number of thioether (sulfide) groups is 1. The Morgan fingerprint density at radius 3 is 2.67 bits per heavy atom. The van der Waals surface area contributed by atoms with Crippen LogP contribution in [0.25, 0.3) is 0 Å². The molecule has 0 radical (unpaired) electrons. The molecule has 1 aromatic rings. The number of carbonyl (C=O) groups excluding carboxylic acids is 2. The molecule has 116 valence electrons. The van der Waals surface area contributed by atoms with Crippen LogP contribution in [0.5, 0.6) is 0 Å². The highest BCUT2D eigenvalue weighted by atomic mass is 35.5. The minimum Gasteiger partial charge on any atom is -0.359 e. The van der Waals surface area contributed by atoms with Crippen LogP contribution in [0, 0.1) is 0 Å². The zero-order valence-electron chi connectivity index (χ0n) is 12.6. The van der Waals surface area contributed by atoms with Crippen LogP contribution in [0.4, 0.5) is 0 Å². The molecule has 0 saturated heterocycles. The highest BCUT2D eigenvalue weighted by Gasteiger charge is 2.18. The molecule has 1 N–H and O–H groups in total. The average molecular weight is 329 g/mol. The molecule has 0 aliphatic carbocycles. The third-order valence-electron chi connectivity index (χ3n) is 3.26. The highest BCUT2D eigenvalue weighted by molar-refractivity contribution is 7.99. The molecule has 6 heteroatoms. The first-order chi connectivity index (χ1) is 9.95. The normalized spacial score (nSPS) is 11.8. The van der Waals surface area contributed by atoms with E-state index in [0.29, 0.717) is 17.9 Å². The van der Waals surface area contributed by atoms with Crippen molar-refractivity contribution in [3.05, 3.63) is 34.9 Å². The second-order valence-corrected chi connectivity index (χ2v) is 6.21. The van der Waals surface area contributed by atoms with Crippen LogP contribution >= 0.6 is 23.4 Å². The summed E-state index contributed by atoms with van der Waals surface area (Å²) in [6.45, 7) is 1.87. The van der Waals surface area contributed by atoms with Gasteiger partial charge in [-0.15, -0.1) is 11.8 Å². The summed E-state index contributed by atoms with van der Waals surface area (Å²) in [7, 11) is 3.32. The van der Waals surface area contributed by atoms with Gasteiger partial charge in [0.25, 0.3) is 0 Å². The molecule has 21 heavy (non-hydrogen) atoms. The molecule has 0 fully saturated rings. The van der Waals surface area contributed by atoms with Gasteiger partial charge in [0.2, 0.25) is 11.8 Å². The number of rotatable bonds is 7. The van der Waals surface area contributed by atoms with E-state index in [4.69, 9.17) is 11.6 Å². The minimum atomic E-state index is -0.113. The number of nitrogens with zero attached hydrogens (tertiary/aromatic N) is 1. The third kappa shape index (κ3) is 5.98. The Balaban J connectivity index is 2.39. The summed E-state index contributed by atoms with van der Waals surface area (Å²) in [6.07, 6.45) is 0.313. The van der Waals surface area contributed by atoms with E-state index < -0.39 is 0 Å². The molecule has 1 aromatic carbocycles. The monoisotopic (exact) mass is 328 g/mol. The second kappa shape index (κ2) is 8.95. The Bertz CT molecular complexity index is 496. The van der Waals surface area contributed by atoms with Crippen molar-refractivity contribution in [2.24, 2.45) is 0 Å². The van der Waals surface area contributed by atoms with Gasteiger partial charge in [0.1, 0.15) is 0 Å². The molecule has 0 aliphatic heterocycles. The van der Waals surface area contributed by atoms with Gasteiger partial charge in [-0.2, -0.15) is 0 Å². The smallest absolute Gasteiger partial charge is 0.232 e. The average Bonchev–Trinajstić information content (AvgIpc) is 2.47. The molecule has 2 amide bonds. The SMILES string of the molecule is CNC(=O)CC(C)N(C)C(=O)CSCc1ccccc1Cl. The number of benzene rings is 1. The van der Waals surface area contributed by atoms with E-state index in [1.165, 1.54) is 11.8 Å². The molecule has 0 saturated carbocycles. The summed E-state index contributed by atoms with van der Waals surface area (Å²) in [5, 5.41) is 3.28. The molecular formula is C15H21ClN2O2S. The first-order valence-electron chi connectivity index (χ1n) is 6.73. The van der Waals surface area contributed by atoms with Crippen LogP contribution in [-0.4, -0.2) is 42.6 Å². The lowest BCUT2D eigenvalue weighted by molar-refractivity contribution is -0.130. The Hall–Kier alpha value is -1.20. The summed E-state index contributed by atoms with van der Waals surface area (Å²) >= 11 is 7.60. The zero-order chi connectivity index (χ0) is 15.8. The summed E-state index contributed by atoms with van der Waals surface area (Å²) in [5.41, 5.74) is 1.03. The molecule has 4 nitrogen and oxygen atoms in total. The number of amides is 2. The number of carbonyl (C=O) groups is 2. The van der Waals surface area contributed by atoms with Gasteiger partial charge in [-0.05, 0) is 18.6 Å². The van der Waals surface area contributed by atoms with E-state index in [1.54, 1.807) is 19.0 Å². The molecular weight excluding hydrogens is 308 g/mol. The Kier molecular flexibility index (Phi) is 7.61. The van der Waals surface area contributed by atoms with Gasteiger partial charge in [-0.25, -0.2) is 0 Å². The fraction of sp³-hybridized carbons (Fsp3) is 0.467. The van der Waals surface area contributed by atoms with E-state index in [2.05, 4.69) is 5.32 Å². The van der Waals surface area contributed by atoms with Gasteiger partial charge in [-0.1, -0.05) is 29.8 Å². The fourth-order valence-electron chi connectivity index (χ4n) is 1.72. The molecule has 1 atom stereocenters. The summed E-state index contributed by atoms with van der Waals surface area (Å²) in [5.74, 6) is 1.03. The molecule has 0 spiro atoms. The third-order valence-corrected chi connectivity index (χ3v) is 4.59. The molecule has 1 unspecified atom stereocenters. The molecule has 0 bridgehead atoms. The number of halogens is 1. The minimum absolute atomic E-state index is 0.0171. The lowest BCUT2D eigenvalue weighted by atomic mass is 10.2. The lowest BCUT2D eigenvalue weighted by Crippen LogP contribution is -2.39. The van der Waals surface area contributed by atoms with E-state index >= 15 is 0 Å². The Morgan fingerprint density at radius 1 is 1.38 bits per heavy atom. The Labute approximate surface area is 135 Å². The second-order valence-electron chi connectivity index (χ2n) is 4.82. The van der Waals surface area contributed by atoms with Gasteiger partial charge in [0.15, 0.2) is 0 Å². The van der Waals surface area contributed by atoms with E-state index in [-0.39, 0.29) is 17.9 Å². The van der Waals surface area contributed by atoms with Gasteiger partial charge in [0, 0.05) is 37.3 Å². The van der Waals surface area contributed by atoms with Crippen molar-refractivity contribution >= 4 is 35.2 Å². The van der Waals surface area contributed by atoms with Crippen molar-refractivity contribution in [3.63, 3.8) is 0 Å². The Morgan fingerprint density at radius 2 is 2.05 bits per heavy atom. The summed E-state index contributed by atoms with van der Waals surface area (Å²) < 4.78 is 0. The van der Waals surface area contributed by atoms with Crippen LogP contribution in [0.15, 0.2) is 24.3 Å². The van der Waals surface area contributed by atoms with Crippen molar-refractivity contribution in [1.82, 2.24) is 10.2 Å². The maximum Gasteiger partial charge on any atom is 0.232 e. The zero-order valence-corrected chi connectivity index (χ0v) is 14.1. The standard InChI is InChI=1S/C15H21ClN2O2S/c1-11(8-14(19)17-2)18(3)15(20)10-21-9-12-6-4-5-7-13(12)16/h4-7,11H,8-10H2,1-3H3,(H,17,19). The van der Waals surface area contributed by atoms with Crippen LogP contribution in [0.1, 0.15) is 18.9 Å². The van der Waals surface area contributed by atoms with Crippen molar-refractivity contribution in [1.29, 1.82) is 0 Å². The molecule has 0 aromatic heterocycles. The van der Waals surface area contributed by atoms with Crippen LogP contribution in [0.2, 0.25) is 5.02 Å². The van der Waals surface area contributed by atoms with E-state index in [0.717, 1.165) is 10.6 Å².